The monoisotopic (exact) mass is 196 g/mol. The molecule has 0 spiro atoms. The summed E-state index contributed by atoms with van der Waals surface area (Å²) in [6.45, 7) is 0. The second-order valence-corrected chi connectivity index (χ2v) is 3.10. The summed E-state index contributed by atoms with van der Waals surface area (Å²) in [5.41, 5.74) is 1.53. The van der Waals surface area contributed by atoms with Crippen LogP contribution in [-0.4, -0.2) is 21.0 Å². The molecular weight excluding hydrogens is 192 g/mol. The molecule has 0 saturated carbocycles. The molecule has 0 amide bonds. The van der Waals surface area contributed by atoms with E-state index in [2.05, 4.69) is 9.97 Å². The molecule has 2 aromatic rings. The Labute approximate surface area is 76.7 Å². The van der Waals surface area contributed by atoms with Gasteiger partial charge in [-0.2, -0.15) is 0 Å². The fourth-order valence-electron chi connectivity index (χ4n) is 0.807. The highest BCUT2D eigenvalue weighted by molar-refractivity contribution is 7.13. The van der Waals surface area contributed by atoms with E-state index in [9.17, 15) is 4.79 Å². The minimum Gasteiger partial charge on any atom is -0.476 e. The number of rotatable bonds is 2. The highest BCUT2D eigenvalue weighted by atomic mass is 32.1. The Morgan fingerprint density at radius 2 is 2.46 bits per heavy atom. The van der Waals surface area contributed by atoms with Crippen LogP contribution < -0.4 is 0 Å². The van der Waals surface area contributed by atoms with Gasteiger partial charge in [-0.25, -0.2) is 9.78 Å². The van der Waals surface area contributed by atoms with Crippen LogP contribution >= 0.6 is 11.3 Å². The number of aromatic nitrogens is 2. The van der Waals surface area contributed by atoms with Crippen LogP contribution in [0.4, 0.5) is 0 Å². The fraction of sp³-hybridized carbons (Fsp3) is 0. The maximum absolute atomic E-state index is 10.4. The fourth-order valence-corrected chi connectivity index (χ4v) is 1.36. The third-order valence-electron chi connectivity index (χ3n) is 1.37. The van der Waals surface area contributed by atoms with Gasteiger partial charge in [-0.05, 0) is 0 Å². The highest BCUT2D eigenvalue weighted by Crippen LogP contribution is 2.21. The molecule has 0 unspecified atom stereocenters. The van der Waals surface area contributed by atoms with Gasteiger partial charge in [0.15, 0.2) is 5.69 Å². The van der Waals surface area contributed by atoms with Crippen molar-refractivity contribution in [3.05, 3.63) is 23.7 Å². The molecule has 2 aromatic heterocycles. The lowest BCUT2D eigenvalue weighted by atomic mass is 10.5. The molecule has 0 fully saturated rings. The molecule has 1 N–H and O–H groups in total. The summed E-state index contributed by atoms with van der Waals surface area (Å²) >= 11 is 1.34. The van der Waals surface area contributed by atoms with E-state index < -0.39 is 5.97 Å². The molecule has 0 bridgehead atoms. The number of carbonyl (C=O) groups is 1. The second kappa shape index (κ2) is 2.98. The Balaban J connectivity index is 2.39. The molecule has 0 atom stereocenters. The van der Waals surface area contributed by atoms with Gasteiger partial charge in [-0.3, -0.25) is 4.98 Å². The van der Waals surface area contributed by atoms with Crippen LogP contribution in [-0.2, 0) is 0 Å². The summed E-state index contributed by atoms with van der Waals surface area (Å²) < 4.78 is 4.95. The first kappa shape index (κ1) is 7.93. The van der Waals surface area contributed by atoms with Gasteiger partial charge in [-0.15, -0.1) is 11.3 Å². The SMILES string of the molecule is O=C(O)c1coc(-c2cncs2)n1. The predicted octanol–water partition coefficient (Wildman–Crippen LogP) is 1.50. The Kier molecular flexibility index (Phi) is 1.82. The number of oxazole rings is 1. The topological polar surface area (TPSA) is 76.2 Å². The van der Waals surface area contributed by atoms with Gasteiger partial charge in [0.2, 0.25) is 5.89 Å². The zero-order valence-electron chi connectivity index (χ0n) is 6.30. The van der Waals surface area contributed by atoms with Crippen molar-refractivity contribution in [1.82, 2.24) is 9.97 Å². The lowest BCUT2D eigenvalue weighted by Gasteiger charge is -1.83. The van der Waals surface area contributed by atoms with Crippen LogP contribution in [0.1, 0.15) is 10.5 Å². The number of hydrogen-bond donors (Lipinski definition) is 1. The van der Waals surface area contributed by atoms with Crippen LogP contribution in [0.2, 0.25) is 0 Å². The molecule has 0 saturated heterocycles. The molecule has 5 nitrogen and oxygen atoms in total. The Morgan fingerprint density at radius 3 is 3.00 bits per heavy atom. The van der Waals surface area contributed by atoms with E-state index in [1.165, 1.54) is 11.3 Å². The number of aromatic carboxylic acids is 1. The van der Waals surface area contributed by atoms with E-state index in [0.717, 1.165) is 6.26 Å². The minimum atomic E-state index is -1.10. The first-order chi connectivity index (χ1) is 6.27. The van der Waals surface area contributed by atoms with Gasteiger partial charge in [0, 0.05) is 0 Å². The largest absolute Gasteiger partial charge is 0.476 e. The summed E-state index contributed by atoms with van der Waals surface area (Å²) in [5.74, 6) is -0.806. The van der Waals surface area contributed by atoms with E-state index in [4.69, 9.17) is 9.52 Å². The molecule has 0 aliphatic heterocycles. The summed E-state index contributed by atoms with van der Waals surface area (Å²) in [7, 11) is 0. The highest BCUT2D eigenvalue weighted by Gasteiger charge is 2.12. The van der Waals surface area contributed by atoms with Gasteiger partial charge in [0.25, 0.3) is 0 Å². The molecule has 6 heteroatoms. The van der Waals surface area contributed by atoms with Crippen LogP contribution in [0, 0.1) is 0 Å². The van der Waals surface area contributed by atoms with Gasteiger partial charge < -0.3 is 9.52 Å². The molecule has 2 rings (SSSR count). The molecule has 0 aromatic carbocycles. The van der Waals surface area contributed by atoms with Crippen molar-refractivity contribution in [1.29, 1.82) is 0 Å². The average Bonchev–Trinajstić information content (AvgIpc) is 2.75. The van der Waals surface area contributed by atoms with E-state index >= 15 is 0 Å². The van der Waals surface area contributed by atoms with E-state index in [0.29, 0.717) is 10.8 Å². The third kappa shape index (κ3) is 1.43. The molecule has 13 heavy (non-hydrogen) atoms. The molecule has 0 radical (unpaired) electrons. The van der Waals surface area contributed by atoms with Crippen molar-refractivity contribution < 1.29 is 14.3 Å². The van der Waals surface area contributed by atoms with Gasteiger partial charge in [-0.1, -0.05) is 0 Å². The summed E-state index contributed by atoms with van der Waals surface area (Å²) in [4.78, 5) is 18.7. The van der Waals surface area contributed by atoms with Crippen molar-refractivity contribution in [3.63, 3.8) is 0 Å². The van der Waals surface area contributed by atoms with E-state index in [1.54, 1.807) is 11.7 Å². The van der Waals surface area contributed by atoms with Crippen molar-refractivity contribution in [2.24, 2.45) is 0 Å². The smallest absolute Gasteiger partial charge is 0.357 e. The molecule has 0 aliphatic carbocycles. The van der Waals surface area contributed by atoms with Crippen molar-refractivity contribution in [2.45, 2.75) is 0 Å². The van der Waals surface area contributed by atoms with Gasteiger partial charge >= 0.3 is 5.97 Å². The first-order valence-electron chi connectivity index (χ1n) is 3.35. The number of carboxylic acids is 1. The maximum Gasteiger partial charge on any atom is 0.357 e. The molecule has 66 valence electrons. The normalized spacial score (nSPS) is 10.2. The van der Waals surface area contributed by atoms with Crippen molar-refractivity contribution >= 4 is 17.3 Å². The second-order valence-electron chi connectivity index (χ2n) is 2.21. The summed E-state index contributed by atoms with van der Waals surface area (Å²) in [6.07, 6.45) is 2.68. The maximum atomic E-state index is 10.4. The minimum absolute atomic E-state index is 0.0941. The van der Waals surface area contributed by atoms with Crippen molar-refractivity contribution in [2.75, 3.05) is 0 Å². The van der Waals surface area contributed by atoms with Crippen LogP contribution in [0.3, 0.4) is 0 Å². The van der Waals surface area contributed by atoms with Gasteiger partial charge in [0.05, 0.1) is 11.7 Å². The Hall–Kier alpha value is -1.69. The van der Waals surface area contributed by atoms with E-state index in [-0.39, 0.29) is 5.69 Å². The lowest BCUT2D eigenvalue weighted by Crippen LogP contribution is -1.95. The van der Waals surface area contributed by atoms with Gasteiger partial charge in [0.1, 0.15) is 11.1 Å². The predicted molar refractivity (Wildman–Crippen MR) is 44.6 cm³/mol. The zero-order chi connectivity index (χ0) is 9.26. The average molecular weight is 196 g/mol. The van der Waals surface area contributed by atoms with Crippen LogP contribution in [0.5, 0.6) is 0 Å². The zero-order valence-corrected chi connectivity index (χ0v) is 7.11. The van der Waals surface area contributed by atoms with Crippen molar-refractivity contribution in [3.8, 4) is 10.8 Å². The molecule has 0 aliphatic rings. The quantitative estimate of drug-likeness (QED) is 0.787. The lowest BCUT2D eigenvalue weighted by molar-refractivity contribution is 0.0690. The summed E-state index contributed by atoms with van der Waals surface area (Å²) in [6, 6.07) is 0. The standard InChI is InChI=1S/C7H4N2O3S/c10-7(11)4-2-12-6(9-4)5-1-8-3-13-5/h1-3H,(H,10,11). The Morgan fingerprint density at radius 1 is 1.62 bits per heavy atom. The number of thiazole rings is 1. The first-order valence-corrected chi connectivity index (χ1v) is 4.23. The Bertz CT molecular complexity index is 421. The summed E-state index contributed by atoms with van der Waals surface area (Å²) in [5, 5.41) is 8.56. The number of carboxylic acid groups (broad SMARTS) is 1. The van der Waals surface area contributed by atoms with Crippen LogP contribution in [0.15, 0.2) is 22.4 Å². The third-order valence-corrected chi connectivity index (χ3v) is 2.13. The van der Waals surface area contributed by atoms with Crippen LogP contribution in [0.25, 0.3) is 10.8 Å². The number of nitrogens with zero attached hydrogens (tertiary/aromatic N) is 2. The molecule has 2 heterocycles. The van der Waals surface area contributed by atoms with E-state index in [1.807, 2.05) is 0 Å². The molecular formula is C7H4N2O3S. The number of hydrogen-bond acceptors (Lipinski definition) is 5.